The molecule has 0 radical (unpaired) electrons. The van der Waals surface area contributed by atoms with Crippen LogP contribution in [0, 0.1) is 6.92 Å². The summed E-state index contributed by atoms with van der Waals surface area (Å²) in [6.07, 6.45) is 5.54. The van der Waals surface area contributed by atoms with Crippen molar-refractivity contribution in [2.45, 2.75) is 32.8 Å². The summed E-state index contributed by atoms with van der Waals surface area (Å²) in [7, 11) is 0. The molecule has 2 heterocycles. The summed E-state index contributed by atoms with van der Waals surface area (Å²) in [4.78, 5) is 23.0. The number of benzene rings is 1. The number of hydrogen-bond acceptors (Lipinski definition) is 5. The van der Waals surface area contributed by atoms with Crippen molar-refractivity contribution in [1.82, 2.24) is 9.97 Å². The highest BCUT2D eigenvalue weighted by Crippen LogP contribution is 2.18. The number of carbonyl (C=O) groups is 1. The molecule has 1 aliphatic heterocycles. The van der Waals surface area contributed by atoms with E-state index in [1.54, 1.807) is 17.3 Å². The quantitative estimate of drug-likeness (QED) is 0.875. The Morgan fingerprint density at radius 2 is 2.16 bits per heavy atom. The smallest absolute Gasteiger partial charge is 0.261 e. The molecule has 1 atom stereocenters. The first-order chi connectivity index (χ1) is 12.2. The predicted octanol–water partition coefficient (Wildman–Crippen LogP) is 3.04. The summed E-state index contributed by atoms with van der Waals surface area (Å²) in [6.45, 7) is 6.07. The number of amides is 1. The third kappa shape index (κ3) is 4.33. The van der Waals surface area contributed by atoms with Gasteiger partial charge in [0.15, 0.2) is 0 Å². The predicted molar refractivity (Wildman–Crippen MR) is 98.0 cm³/mol. The van der Waals surface area contributed by atoms with Gasteiger partial charge in [-0.2, -0.15) is 0 Å². The second kappa shape index (κ2) is 8.07. The van der Waals surface area contributed by atoms with Gasteiger partial charge in [-0.15, -0.1) is 0 Å². The fourth-order valence-electron chi connectivity index (χ4n) is 2.94. The Kier molecular flexibility index (Phi) is 5.60. The summed E-state index contributed by atoms with van der Waals surface area (Å²) in [6, 6.07) is 7.90. The van der Waals surface area contributed by atoms with E-state index in [0.717, 1.165) is 30.7 Å². The Bertz CT molecular complexity index is 712. The SMILES string of the molecule is CCN(C(=O)c1cnc(NCC2CCCO2)nc1)c1cccc(C)c1. The molecule has 25 heavy (non-hydrogen) atoms. The molecule has 1 fully saturated rings. The molecule has 1 unspecified atom stereocenters. The van der Waals surface area contributed by atoms with Gasteiger partial charge in [0, 0.05) is 37.8 Å². The number of rotatable bonds is 6. The number of aromatic nitrogens is 2. The van der Waals surface area contributed by atoms with Crippen molar-refractivity contribution in [3.8, 4) is 0 Å². The highest BCUT2D eigenvalue weighted by molar-refractivity contribution is 6.05. The van der Waals surface area contributed by atoms with Crippen LogP contribution in [0.1, 0.15) is 35.7 Å². The molecule has 1 aromatic heterocycles. The molecule has 2 aromatic rings. The van der Waals surface area contributed by atoms with Gasteiger partial charge in [-0.05, 0) is 44.4 Å². The standard InChI is InChI=1S/C19H24N4O2/c1-3-23(16-7-4-6-14(2)10-16)18(24)15-11-20-19(21-12-15)22-13-17-8-5-9-25-17/h4,6-7,10-12,17H,3,5,8-9,13H2,1-2H3,(H,20,21,22). The van der Waals surface area contributed by atoms with Crippen molar-refractivity contribution in [1.29, 1.82) is 0 Å². The molecule has 1 saturated heterocycles. The number of anilines is 2. The number of nitrogens with one attached hydrogen (secondary N) is 1. The Hall–Kier alpha value is -2.47. The van der Waals surface area contributed by atoms with E-state index in [0.29, 0.717) is 24.6 Å². The maximum atomic E-state index is 12.8. The number of ether oxygens (including phenoxy) is 1. The van der Waals surface area contributed by atoms with Gasteiger partial charge in [-0.1, -0.05) is 12.1 Å². The molecule has 1 aliphatic rings. The summed E-state index contributed by atoms with van der Waals surface area (Å²) < 4.78 is 5.56. The summed E-state index contributed by atoms with van der Waals surface area (Å²) >= 11 is 0. The second-order valence-electron chi connectivity index (χ2n) is 6.20. The van der Waals surface area contributed by atoms with Crippen LogP contribution in [0.4, 0.5) is 11.6 Å². The van der Waals surface area contributed by atoms with Gasteiger partial charge in [0.2, 0.25) is 5.95 Å². The molecule has 6 nitrogen and oxygen atoms in total. The average molecular weight is 340 g/mol. The number of aryl methyl sites for hydroxylation is 1. The topological polar surface area (TPSA) is 67.4 Å². The first-order valence-corrected chi connectivity index (χ1v) is 8.73. The molecular weight excluding hydrogens is 316 g/mol. The van der Waals surface area contributed by atoms with Gasteiger partial charge >= 0.3 is 0 Å². The average Bonchev–Trinajstić information content (AvgIpc) is 3.15. The molecule has 0 aliphatic carbocycles. The van der Waals surface area contributed by atoms with Crippen LogP contribution in [0.3, 0.4) is 0 Å². The van der Waals surface area contributed by atoms with E-state index < -0.39 is 0 Å². The van der Waals surface area contributed by atoms with Gasteiger partial charge in [0.05, 0.1) is 11.7 Å². The molecule has 1 amide bonds. The normalized spacial score (nSPS) is 16.6. The van der Waals surface area contributed by atoms with Crippen molar-refractivity contribution in [2.75, 3.05) is 29.9 Å². The largest absolute Gasteiger partial charge is 0.376 e. The summed E-state index contributed by atoms with van der Waals surface area (Å²) in [5, 5.41) is 3.16. The van der Waals surface area contributed by atoms with Gasteiger partial charge in [-0.25, -0.2) is 9.97 Å². The fraction of sp³-hybridized carbons (Fsp3) is 0.421. The Labute approximate surface area is 148 Å². The molecular formula is C19H24N4O2. The van der Waals surface area contributed by atoms with Gasteiger partial charge in [-0.3, -0.25) is 4.79 Å². The fourth-order valence-corrected chi connectivity index (χ4v) is 2.94. The molecule has 1 aromatic carbocycles. The van der Waals surface area contributed by atoms with Crippen LogP contribution in [0.15, 0.2) is 36.7 Å². The van der Waals surface area contributed by atoms with E-state index in [1.807, 2.05) is 38.1 Å². The number of nitrogens with zero attached hydrogens (tertiary/aromatic N) is 3. The zero-order valence-electron chi connectivity index (χ0n) is 14.7. The molecule has 0 saturated carbocycles. The summed E-state index contributed by atoms with van der Waals surface area (Å²) in [5.74, 6) is 0.421. The van der Waals surface area contributed by atoms with E-state index in [9.17, 15) is 4.79 Å². The van der Waals surface area contributed by atoms with Crippen molar-refractivity contribution in [3.63, 3.8) is 0 Å². The lowest BCUT2D eigenvalue weighted by molar-refractivity contribution is 0.0987. The van der Waals surface area contributed by atoms with Crippen LogP contribution in [-0.2, 0) is 4.74 Å². The monoisotopic (exact) mass is 340 g/mol. The minimum atomic E-state index is -0.0984. The van der Waals surface area contributed by atoms with Crippen LogP contribution in [0.2, 0.25) is 0 Å². The lowest BCUT2D eigenvalue weighted by Gasteiger charge is -2.21. The zero-order chi connectivity index (χ0) is 17.6. The molecule has 1 N–H and O–H groups in total. The van der Waals surface area contributed by atoms with Crippen molar-refractivity contribution >= 4 is 17.5 Å². The maximum absolute atomic E-state index is 12.8. The van der Waals surface area contributed by atoms with Gasteiger partial charge in [0.1, 0.15) is 0 Å². The lowest BCUT2D eigenvalue weighted by atomic mass is 10.2. The second-order valence-corrected chi connectivity index (χ2v) is 6.20. The van der Waals surface area contributed by atoms with Crippen molar-refractivity contribution in [3.05, 3.63) is 47.8 Å². The third-order valence-corrected chi connectivity index (χ3v) is 4.29. The van der Waals surface area contributed by atoms with Crippen LogP contribution in [0.5, 0.6) is 0 Å². The van der Waals surface area contributed by atoms with Crippen molar-refractivity contribution < 1.29 is 9.53 Å². The number of carbonyl (C=O) groups excluding carboxylic acids is 1. The van der Waals surface area contributed by atoms with Gasteiger partial charge in [0.25, 0.3) is 5.91 Å². The molecule has 0 spiro atoms. The first-order valence-electron chi connectivity index (χ1n) is 8.73. The lowest BCUT2D eigenvalue weighted by Crippen LogP contribution is -2.31. The van der Waals surface area contributed by atoms with E-state index in [2.05, 4.69) is 15.3 Å². The maximum Gasteiger partial charge on any atom is 0.261 e. The van der Waals surface area contributed by atoms with E-state index >= 15 is 0 Å². The highest BCUT2D eigenvalue weighted by Gasteiger charge is 2.18. The highest BCUT2D eigenvalue weighted by atomic mass is 16.5. The minimum absolute atomic E-state index is 0.0984. The molecule has 3 rings (SSSR count). The molecule has 132 valence electrons. The van der Waals surface area contributed by atoms with Gasteiger partial charge < -0.3 is 15.0 Å². The summed E-state index contributed by atoms with van der Waals surface area (Å²) in [5.41, 5.74) is 2.48. The van der Waals surface area contributed by atoms with Crippen LogP contribution in [0.25, 0.3) is 0 Å². The zero-order valence-corrected chi connectivity index (χ0v) is 14.7. The molecule has 0 bridgehead atoms. The first kappa shape index (κ1) is 17.4. The third-order valence-electron chi connectivity index (χ3n) is 4.29. The van der Waals surface area contributed by atoms with E-state index in [4.69, 9.17) is 4.74 Å². The number of hydrogen-bond donors (Lipinski definition) is 1. The van der Waals surface area contributed by atoms with Crippen molar-refractivity contribution in [2.24, 2.45) is 0 Å². The van der Waals surface area contributed by atoms with Crippen LogP contribution in [-0.4, -0.2) is 41.7 Å². The Balaban J connectivity index is 1.66. The van der Waals surface area contributed by atoms with E-state index in [1.165, 1.54) is 0 Å². The Morgan fingerprint density at radius 1 is 1.36 bits per heavy atom. The molecule has 6 heteroatoms. The Morgan fingerprint density at radius 3 is 2.80 bits per heavy atom. The minimum Gasteiger partial charge on any atom is -0.376 e. The van der Waals surface area contributed by atoms with Crippen LogP contribution < -0.4 is 10.2 Å². The van der Waals surface area contributed by atoms with Crippen LogP contribution >= 0.6 is 0 Å². The van der Waals surface area contributed by atoms with E-state index in [-0.39, 0.29) is 12.0 Å².